The average Bonchev–Trinajstić information content (AvgIpc) is 3.11. The Kier molecular flexibility index (Phi) is 3.91. The van der Waals surface area contributed by atoms with E-state index in [4.69, 9.17) is 0 Å². The van der Waals surface area contributed by atoms with Crippen LogP contribution in [0.4, 0.5) is 10.8 Å². The van der Waals surface area contributed by atoms with Crippen LogP contribution in [-0.4, -0.2) is 23.3 Å². The molecule has 1 N–H and O–H groups in total. The Bertz CT molecular complexity index is 877. The molecule has 1 aromatic carbocycles. The third-order valence-corrected chi connectivity index (χ3v) is 5.97. The fourth-order valence-electron chi connectivity index (χ4n) is 3.41. The smallest absolute Gasteiger partial charge is 0.233 e. The number of aromatic nitrogens is 1. The van der Waals surface area contributed by atoms with Gasteiger partial charge in [-0.3, -0.25) is 9.59 Å². The van der Waals surface area contributed by atoms with Crippen LogP contribution in [0.3, 0.4) is 0 Å². The van der Waals surface area contributed by atoms with Crippen molar-refractivity contribution in [2.75, 3.05) is 16.8 Å². The number of para-hydroxylation sites is 1. The first-order chi connectivity index (χ1) is 12.3. The van der Waals surface area contributed by atoms with Crippen LogP contribution >= 0.6 is 11.3 Å². The lowest BCUT2D eigenvalue weighted by Gasteiger charge is -2.17. The van der Waals surface area contributed by atoms with E-state index < -0.39 is 5.41 Å². The lowest BCUT2D eigenvalue weighted by Crippen LogP contribution is -2.32. The van der Waals surface area contributed by atoms with Gasteiger partial charge in [-0.15, -0.1) is 11.3 Å². The normalized spacial score (nSPS) is 17.3. The van der Waals surface area contributed by atoms with Gasteiger partial charge in [-0.25, -0.2) is 4.98 Å². The van der Waals surface area contributed by atoms with Crippen molar-refractivity contribution in [3.63, 3.8) is 0 Å². The van der Waals surface area contributed by atoms with Crippen LogP contribution in [0.1, 0.15) is 44.9 Å². The third kappa shape index (κ3) is 3.03. The van der Waals surface area contributed by atoms with Gasteiger partial charge >= 0.3 is 0 Å². The minimum absolute atomic E-state index is 0.0697. The molecule has 2 aliphatic rings. The summed E-state index contributed by atoms with van der Waals surface area (Å²) in [6.07, 6.45) is 2.58. The lowest BCUT2D eigenvalue weighted by molar-refractivity contribution is -0.123. The minimum atomic E-state index is -0.473. The maximum Gasteiger partial charge on any atom is 0.233 e. The van der Waals surface area contributed by atoms with E-state index >= 15 is 0 Å². The van der Waals surface area contributed by atoms with Gasteiger partial charge in [0, 0.05) is 28.4 Å². The molecule has 1 spiro atoms. The summed E-state index contributed by atoms with van der Waals surface area (Å²) in [7, 11) is 0. The highest BCUT2D eigenvalue weighted by molar-refractivity contribution is 7.13. The van der Waals surface area contributed by atoms with Crippen LogP contribution in [0.25, 0.3) is 0 Å². The van der Waals surface area contributed by atoms with Crippen molar-refractivity contribution in [2.45, 2.75) is 45.4 Å². The number of nitrogens with zero attached hydrogens (tertiary/aromatic N) is 2. The van der Waals surface area contributed by atoms with E-state index in [1.165, 1.54) is 16.9 Å². The number of thiazole rings is 1. The summed E-state index contributed by atoms with van der Waals surface area (Å²) in [6, 6.07) is 8.23. The largest absolute Gasteiger partial charge is 0.311 e. The van der Waals surface area contributed by atoms with Crippen LogP contribution in [0, 0.1) is 5.41 Å². The molecule has 0 bridgehead atoms. The fourth-order valence-corrected chi connectivity index (χ4v) is 4.12. The summed E-state index contributed by atoms with van der Waals surface area (Å²) in [5.74, 6) is -0.00547. The van der Waals surface area contributed by atoms with Gasteiger partial charge in [-0.05, 0) is 24.5 Å². The second kappa shape index (κ2) is 5.91. The van der Waals surface area contributed by atoms with Crippen LogP contribution in [-0.2, 0) is 21.4 Å². The number of anilines is 2. The van der Waals surface area contributed by atoms with Gasteiger partial charge < -0.3 is 10.2 Å². The van der Waals surface area contributed by atoms with E-state index in [9.17, 15) is 9.59 Å². The molecular formula is C20H23N3O2S. The maximum atomic E-state index is 12.9. The number of nitrogens with one attached hydrogen (secondary N) is 1. The van der Waals surface area contributed by atoms with E-state index in [-0.39, 0.29) is 23.7 Å². The molecule has 5 nitrogen and oxygen atoms in total. The Hall–Kier alpha value is -2.21. The molecule has 6 heteroatoms. The molecule has 26 heavy (non-hydrogen) atoms. The van der Waals surface area contributed by atoms with Gasteiger partial charge in [0.25, 0.3) is 0 Å². The molecule has 0 atom stereocenters. The molecule has 2 aromatic rings. The van der Waals surface area contributed by atoms with Gasteiger partial charge in [0.1, 0.15) is 0 Å². The highest BCUT2D eigenvalue weighted by Crippen LogP contribution is 2.56. The molecule has 1 saturated carbocycles. The summed E-state index contributed by atoms with van der Waals surface area (Å²) < 4.78 is 0. The molecular weight excluding hydrogens is 346 g/mol. The molecule has 1 fully saturated rings. The molecule has 2 heterocycles. The molecule has 1 aliphatic carbocycles. The maximum absolute atomic E-state index is 12.9. The van der Waals surface area contributed by atoms with E-state index in [0.717, 1.165) is 25.1 Å². The Balaban J connectivity index is 1.46. The molecule has 0 saturated heterocycles. The first kappa shape index (κ1) is 17.2. The monoisotopic (exact) mass is 369 g/mol. The lowest BCUT2D eigenvalue weighted by atomic mass is 9.96. The van der Waals surface area contributed by atoms with E-state index in [0.29, 0.717) is 10.8 Å². The molecule has 0 unspecified atom stereocenters. The number of carbonyl (C=O) groups excluding carboxylic acids is 2. The second-order valence-electron chi connectivity index (χ2n) is 8.30. The summed E-state index contributed by atoms with van der Waals surface area (Å²) >= 11 is 1.36. The molecule has 0 radical (unpaired) electrons. The Morgan fingerprint density at radius 3 is 2.69 bits per heavy atom. The van der Waals surface area contributed by atoms with Crippen LogP contribution in [0.5, 0.6) is 0 Å². The number of amides is 2. The van der Waals surface area contributed by atoms with Crippen molar-refractivity contribution in [2.24, 2.45) is 5.41 Å². The Morgan fingerprint density at radius 1 is 1.27 bits per heavy atom. The predicted octanol–water partition coefficient (Wildman–Crippen LogP) is 3.75. The third-order valence-electron chi connectivity index (χ3n) is 5.17. The number of fused-ring (bicyclic) bond motifs is 2. The van der Waals surface area contributed by atoms with Crippen molar-refractivity contribution < 1.29 is 9.59 Å². The number of benzene rings is 1. The number of hydrogen-bond donors (Lipinski definition) is 1. The van der Waals surface area contributed by atoms with E-state index in [1.807, 2.05) is 43.2 Å². The highest BCUT2D eigenvalue weighted by Gasteiger charge is 2.52. The van der Waals surface area contributed by atoms with Crippen molar-refractivity contribution in [1.82, 2.24) is 4.98 Å². The molecule has 2 amide bonds. The van der Waals surface area contributed by atoms with Gasteiger partial charge in [0.15, 0.2) is 5.13 Å². The first-order valence-electron chi connectivity index (χ1n) is 8.94. The number of rotatable bonds is 3. The average molecular weight is 369 g/mol. The first-order valence-corrected chi connectivity index (χ1v) is 9.82. The summed E-state index contributed by atoms with van der Waals surface area (Å²) in [5.41, 5.74) is 2.79. The predicted molar refractivity (Wildman–Crippen MR) is 104 cm³/mol. The Labute approximate surface area is 157 Å². The quantitative estimate of drug-likeness (QED) is 0.896. The van der Waals surface area contributed by atoms with Gasteiger partial charge in [0.05, 0.1) is 12.1 Å². The zero-order valence-corrected chi connectivity index (χ0v) is 16.2. The van der Waals surface area contributed by atoms with Crippen molar-refractivity contribution in [1.29, 1.82) is 0 Å². The summed E-state index contributed by atoms with van der Waals surface area (Å²) in [4.78, 5) is 31.3. The minimum Gasteiger partial charge on any atom is -0.311 e. The molecule has 136 valence electrons. The highest BCUT2D eigenvalue weighted by atomic mass is 32.1. The molecule has 1 aliphatic heterocycles. The van der Waals surface area contributed by atoms with Crippen molar-refractivity contribution >= 4 is 34.0 Å². The van der Waals surface area contributed by atoms with Crippen LogP contribution in [0.15, 0.2) is 29.6 Å². The number of carbonyl (C=O) groups is 2. The van der Waals surface area contributed by atoms with E-state index in [1.54, 1.807) is 0 Å². The second-order valence-corrected chi connectivity index (χ2v) is 9.16. The van der Waals surface area contributed by atoms with Gasteiger partial charge in [-0.1, -0.05) is 39.0 Å². The van der Waals surface area contributed by atoms with Crippen molar-refractivity contribution in [3.8, 4) is 0 Å². The fraction of sp³-hybridized carbons (Fsp3) is 0.450. The zero-order chi connectivity index (χ0) is 18.5. The SMILES string of the molecule is CC(C)(C)C(=O)Nc1nc(CC(=O)N2CC3(CC3)c3ccccc32)cs1. The topological polar surface area (TPSA) is 62.3 Å². The Morgan fingerprint density at radius 2 is 2.00 bits per heavy atom. The van der Waals surface area contributed by atoms with Gasteiger partial charge in [-0.2, -0.15) is 0 Å². The standard InChI is InChI=1S/C20H23N3O2S/c1-19(2,3)17(25)22-18-21-13(11-26-18)10-16(24)23-12-20(8-9-20)14-6-4-5-7-15(14)23/h4-7,11H,8-10,12H2,1-3H3,(H,21,22,25). The molecule has 1 aromatic heterocycles. The molecule has 4 rings (SSSR count). The number of hydrogen-bond acceptors (Lipinski definition) is 4. The van der Waals surface area contributed by atoms with Crippen molar-refractivity contribution in [3.05, 3.63) is 40.9 Å². The summed E-state index contributed by atoms with van der Waals surface area (Å²) in [6.45, 7) is 6.36. The van der Waals surface area contributed by atoms with E-state index in [2.05, 4.69) is 22.4 Å². The zero-order valence-electron chi connectivity index (χ0n) is 15.3. The van der Waals surface area contributed by atoms with Crippen LogP contribution < -0.4 is 10.2 Å². The summed E-state index contributed by atoms with van der Waals surface area (Å²) in [5, 5.41) is 5.23. The van der Waals surface area contributed by atoms with Crippen LogP contribution in [0.2, 0.25) is 0 Å². The van der Waals surface area contributed by atoms with Gasteiger partial charge in [0.2, 0.25) is 11.8 Å².